The van der Waals surface area contributed by atoms with Gasteiger partial charge in [0.25, 0.3) is 5.91 Å². The van der Waals surface area contributed by atoms with Crippen LogP contribution in [0.1, 0.15) is 12.2 Å². The molecule has 1 saturated heterocycles. The van der Waals surface area contributed by atoms with Crippen molar-refractivity contribution in [3.63, 3.8) is 0 Å². The van der Waals surface area contributed by atoms with Gasteiger partial charge in [0.05, 0.1) is 17.0 Å². The van der Waals surface area contributed by atoms with Gasteiger partial charge >= 0.3 is 0 Å². The van der Waals surface area contributed by atoms with Gasteiger partial charge in [-0.1, -0.05) is 35.5 Å². The van der Waals surface area contributed by atoms with Crippen molar-refractivity contribution in [3.8, 4) is 0 Å². The Morgan fingerprint density at radius 3 is 2.96 bits per heavy atom. The number of carbonyl (C=O) groups excluding carboxylic acids is 1. The maximum Gasteiger partial charge on any atom is 0.252 e. The smallest absolute Gasteiger partial charge is 0.252 e. The molecule has 23 heavy (non-hydrogen) atoms. The molecule has 0 spiro atoms. The summed E-state index contributed by atoms with van der Waals surface area (Å²) in [5, 5.41) is 1.25. The van der Waals surface area contributed by atoms with Gasteiger partial charge in [-0.3, -0.25) is 9.69 Å². The Morgan fingerprint density at radius 2 is 2.17 bits per heavy atom. The van der Waals surface area contributed by atoms with Crippen molar-refractivity contribution in [2.75, 3.05) is 12.3 Å². The summed E-state index contributed by atoms with van der Waals surface area (Å²) in [7, 11) is 0. The molecule has 0 aliphatic carbocycles. The number of para-hydroxylation sites is 1. The van der Waals surface area contributed by atoms with Crippen molar-refractivity contribution in [2.45, 2.75) is 6.42 Å². The third kappa shape index (κ3) is 4.06. The number of amidine groups is 1. The molecule has 0 N–H and O–H groups in total. The maximum atomic E-state index is 12.4. The average molecular weight is 347 g/mol. The molecule has 1 aliphatic rings. The van der Waals surface area contributed by atoms with E-state index in [0.29, 0.717) is 28.2 Å². The zero-order valence-corrected chi connectivity index (χ0v) is 13.9. The van der Waals surface area contributed by atoms with Gasteiger partial charge in [-0.25, -0.2) is 4.99 Å². The SMILES string of the molecule is O=C(/C=C/c1ccco1)N1CCCSC1=Nc1ccccc1Cl. The van der Waals surface area contributed by atoms with E-state index in [9.17, 15) is 4.79 Å². The first-order valence-electron chi connectivity index (χ1n) is 7.23. The van der Waals surface area contributed by atoms with E-state index in [1.807, 2.05) is 18.2 Å². The third-order valence-corrected chi connectivity index (χ3v) is 4.64. The first kappa shape index (κ1) is 15.9. The van der Waals surface area contributed by atoms with E-state index in [4.69, 9.17) is 16.0 Å². The van der Waals surface area contributed by atoms with Crippen molar-refractivity contribution in [1.82, 2.24) is 4.90 Å². The number of hydrogen-bond acceptors (Lipinski definition) is 4. The van der Waals surface area contributed by atoms with Gasteiger partial charge in [0, 0.05) is 18.4 Å². The van der Waals surface area contributed by atoms with E-state index in [-0.39, 0.29) is 5.91 Å². The molecular formula is C17H15ClN2O2S. The molecule has 3 rings (SSSR count). The van der Waals surface area contributed by atoms with Gasteiger partial charge in [0.1, 0.15) is 5.76 Å². The Hall–Kier alpha value is -1.98. The minimum Gasteiger partial charge on any atom is -0.465 e. The lowest BCUT2D eigenvalue weighted by molar-refractivity contribution is -0.122. The highest BCUT2D eigenvalue weighted by molar-refractivity contribution is 8.13. The molecule has 6 heteroatoms. The summed E-state index contributed by atoms with van der Waals surface area (Å²) >= 11 is 7.72. The van der Waals surface area contributed by atoms with Crippen molar-refractivity contribution in [2.24, 2.45) is 4.99 Å². The number of benzene rings is 1. The predicted octanol–water partition coefficient (Wildman–Crippen LogP) is 4.60. The van der Waals surface area contributed by atoms with Gasteiger partial charge < -0.3 is 4.42 Å². The van der Waals surface area contributed by atoms with Crippen LogP contribution < -0.4 is 0 Å². The first-order chi connectivity index (χ1) is 11.2. The number of thioether (sulfide) groups is 1. The fourth-order valence-electron chi connectivity index (χ4n) is 2.13. The quantitative estimate of drug-likeness (QED) is 0.763. The zero-order chi connectivity index (χ0) is 16.1. The van der Waals surface area contributed by atoms with Crippen LogP contribution in [0.4, 0.5) is 5.69 Å². The normalized spacial score (nSPS) is 17.1. The Kier molecular flexibility index (Phi) is 5.20. The Bertz CT molecular complexity index is 741. The fraction of sp³-hybridized carbons (Fsp3) is 0.176. The Morgan fingerprint density at radius 1 is 1.30 bits per heavy atom. The average Bonchev–Trinajstić information content (AvgIpc) is 3.09. The number of rotatable bonds is 3. The number of nitrogens with zero attached hydrogens (tertiary/aromatic N) is 2. The van der Waals surface area contributed by atoms with Gasteiger partial charge in [-0.05, 0) is 36.8 Å². The molecule has 1 fully saturated rings. The molecule has 2 heterocycles. The van der Waals surface area contributed by atoms with Gasteiger partial charge in [-0.15, -0.1) is 0 Å². The highest BCUT2D eigenvalue weighted by Gasteiger charge is 2.22. The van der Waals surface area contributed by atoms with E-state index in [2.05, 4.69) is 4.99 Å². The highest BCUT2D eigenvalue weighted by Crippen LogP contribution is 2.28. The molecule has 0 unspecified atom stereocenters. The predicted molar refractivity (Wildman–Crippen MR) is 95.1 cm³/mol. The van der Waals surface area contributed by atoms with Crippen LogP contribution >= 0.6 is 23.4 Å². The number of furan rings is 1. The number of carbonyl (C=O) groups is 1. The molecule has 0 bridgehead atoms. The summed E-state index contributed by atoms with van der Waals surface area (Å²) in [6, 6.07) is 10.9. The molecule has 0 atom stereocenters. The van der Waals surface area contributed by atoms with Crippen molar-refractivity contribution >= 4 is 46.2 Å². The van der Waals surface area contributed by atoms with Crippen LogP contribution in [0.3, 0.4) is 0 Å². The van der Waals surface area contributed by atoms with Crippen LogP contribution in [-0.2, 0) is 4.79 Å². The van der Waals surface area contributed by atoms with Gasteiger partial charge in [-0.2, -0.15) is 0 Å². The largest absolute Gasteiger partial charge is 0.465 e. The van der Waals surface area contributed by atoms with Crippen molar-refractivity contribution in [1.29, 1.82) is 0 Å². The number of hydrogen-bond donors (Lipinski definition) is 0. The fourth-order valence-corrected chi connectivity index (χ4v) is 3.27. The summed E-state index contributed by atoms with van der Waals surface area (Å²) in [6.45, 7) is 0.650. The molecule has 1 aliphatic heterocycles. The molecule has 1 aromatic carbocycles. The minimum absolute atomic E-state index is 0.112. The standard InChI is InChI=1S/C17H15ClN2O2S/c18-14-6-1-2-7-15(14)19-17-20(10-4-12-23-17)16(21)9-8-13-5-3-11-22-13/h1-3,5-9,11H,4,10,12H2/b9-8+,19-17?. The first-order valence-corrected chi connectivity index (χ1v) is 8.59. The summed E-state index contributed by atoms with van der Waals surface area (Å²) in [4.78, 5) is 18.7. The second-order valence-corrected chi connectivity index (χ2v) is 6.36. The highest BCUT2D eigenvalue weighted by atomic mass is 35.5. The van der Waals surface area contributed by atoms with E-state index in [1.54, 1.807) is 47.2 Å². The van der Waals surface area contributed by atoms with Gasteiger partial charge in [0.2, 0.25) is 0 Å². The molecule has 0 radical (unpaired) electrons. The van der Waals surface area contributed by atoms with Crippen LogP contribution in [-0.4, -0.2) is 28.3 Å². The number of halogens is 1. The van der Waals surface area contributed by atoms with Crippen LogP contribution in [0.25, 0.3) is 6.08 Å². The van der Waals surface area contributed by atoms with Crippen LogP contribution in [0.2, 0.25) is 5.02 Å². The molecule has 4 nitrogen and oxygen atoms in total. The zero-order valence-electron chi connectivity index (χ0n) is 12.3. The maximum absolute atomic E-state index is 12.4. The number of amides is 1. The van der Waals surface area contributed by atoms with E-state index in [1.165, 1.54) is 6.08 Å². The summed E-state index contributed by atoms with van der Waals surface area (Å²) < 4.78 is 5.20. The van der Waals surface area contributed by atoms with E-state index < -0.39 is 0 Å². The molecule has 0 saturated carbocycles. The lowest BCUT2D eigenvalue weighted by Crippen LogP contribution is -2.38. The lowest BCUT2D eigenvalue weighted by Gasteiger charge is -2.26. The van der Waals surface area contributed by atoms with Crippen molar-refractivity contribution < 1.29 is 9.21 Å². The lowest BCUT2D eigenvalue weighted by atomic mass is 10.3. The summed E-state index contributed by atoms with van der Waals surface area (Å²) in [5.41, 5.74) is 0.673. The second kappa shape index (κ2) is 7.53. The number of aliphatic imine (C=N–C) groups is 1. The van der Waals surface area contributed by atoms with Crippen LogP contribution in [0, 0.1) is 0 Å². The van der Waals surface area contributed by atoms with Crippen LogP contribution in [0.5, 0.6) is 0 Å². The van der Waals surface area contributed by atoms with Crippen molar-refractivity contribution in [3.05, 3.63) is 59.5 Å². The van der Waals surface area contributed by atoms with Gasteiger partial charge in [0.15, 0.2) is 5.17 Å². The minimum atomic E-state index is -0.112. The Balaban J connectivity index is 1.81. The molecule has 1 amide bonds. The van der Waals surface area contributed by atoms with E-state index in [0.717, 1.165) is 12.2 Å². The Labute approximate surface area is 143 Å². The summed E-state index contributed by atoms with van der Waals surface area (Å²) in [6.07, 6.45) is 5.68. The topological polar surface area (TPSA) is 45.8 Å². The molecule has 2 aromatic rings. The monoisotopic (exact) mass is 346 g/mol. The van der Waals surface area contributed by atoms with E-state index >= 15 is 0 Å². The second-order valence-electron chi connectivity index (χ2n) is 4.89. The van der Waals surface area contributed by atoms with Crippen LogP contribution in [0.15, 0.2) is 58.1 Å². The third-order valence-electron chi connectivity index (χ3n) is 3.26. The molecule has 1 aromatic heterocycles. The molecular weight excluding hydrogens is 332 g/mol. The molecule has 118 valence electrons. The summed E-state index contributed by atoms with van der Waals surface area (Å²) in [5.74, 6) is 1.47.